The van der Waals surface area contributed by atoms with E-state index in [1.54, 1.807) is 35.1 Å². The summed E-state index contributed by atoms with van der Waals surface area (Å²) in [7, 11) is -3.62. The number of halogens is 1. The minimum atomic E-state index is -3.62. The van der Waals surface area contributed by atoms with Crippen LogP contribution in [0.3, 0.4) is 0 Å². The number of aromatic nitrogens is 2. The van der Waals surface area contributed by atoms with Crippen LogP contribution in [0.1, 0.15) is 5.56 Å². The number of benzene rings is 2. The van der Waals surface area contributed by atoms with Crippen LogP contribution in [0.4, 0.5) is 5.69 Å². The van der Waals surface area contributed by atoms with Crippen molar-refractivity contribution in [2.45, 2.75) is 11.4 Å². The van der Waals surface area contributed by atoms with Gasteiger partial charge in [0.05, 0.1) is 11.4 Å². The normalized spacial score (nSPS) is 11.3. The maximum atomic E-state index is 12.3. The summed E-state index contributed by atoms with van der Waals surface area (Å²) < 4.78 is 28.9. The van der Waals surface area contributed by atoms with Crippen LogP contribution < -0.4 is 4.72 Å². The van der Waals surface area contributed by atoms with Crippen LogP contribution in [0.2, 0.25) is 5.02 Å². The first-order valence-electron chi connectivity index (χ1n) is 6.88. The van der Waals surface area contributed by atoms with Gasteiger partial charge in [-0.05, 0) is 48.0 Å². The Morgan fingerprint density at radius 2 is 1.74 bits per heavy atom. The second-order valence-electron chi connectivity index (χ2n) is 4.96. The van der Waals surface area contributed by atoms with E-state index in [9.17, 15) is 8.42 Å². The predicted octanol–water partition coefficient (Wildman–Crippen LogP) is 3.39. The van der Waals surface area contributed by atoms with Crippen molar-refractivity contribution in [3.8, 4) is 0 Å². The molecule has 0 atom stereocenters. The summed E-state index contributed by atoms with van der Waals surface area (Å²) in [6.45, 7) is 0.636. The Hall–Kier alpha value is -2.31. The molecule has 0 aliphatic heterocycles. The van der Waals surface area contributed by atoms with Gasteiger partial charge in [0, 0.05) is 23.1 Å². The first-order chi connectivity index (χ1) is 11.0. The number of hydrogen-bond acceptors (Lipinski definition) is 3. The molecule has 0 amide bonds. The molecule has 1 aromatic heterocycles. The Labute approximate surface area is 139 Å². The SMILES string of the molecule is O=S(=O)(Nc1ccc(Cn2cccn2)cc1)c1ccc(Cl)cc1. The molecule has 0 spiro atoms. The van der Waals surface area contributed by atoms with Gasteiger partial charge in [-0.15, -0.1) is 0 Å². The van der Waals surface area contributed by atoms with Crippen molar-refractivity contribution < 1.29 is 8.42 Å². The van der Waals surface area contributed by atoms with E-state index in [0.29, 0.717) is 17.3 Å². The van der Waals surface area contributed by atoms with Crippen molar-refractivity contribution in [1.82, 2.24) is 9.78 Å². The van der Waals surface area contributed by atoms with Crippen molar-refractivity contribution in [2.24, 2.45) is 0 Å². The molecule has 0 saturated heterocycles. The van der Waals surface area contributed by atoms with Crippen LogP contribution in [0.15, 0.2) is 71.9 Å². The number of anilines is 1. The number of nitrogens with one attached hydrogen (secondary N) is 1. The molecule has 0 unspecified atom stereocenters. The molecular weight excluding hydrogens is 334 g/mol. The van der Waals surface area contributed by atoms with Gasteiger partial charge >= 0.3 is 0 Å². The summed E-state index contributed by atoms with van der Waals surface area (Å²) >= 11 is 5.78. The molecule has 5 nitrogen and oxygen atoms in total. The van der Waals surface area contributed by atoms with E-state index < -0.39 is 10.0 Å². The Morgan fingerprint density at radius 1 is 1.04 bits per heavy atom. The zero-order valence-electron chi connectivity index (χ0n) is 12.1. The molecule has 0 aliphatic rings. The third-order valence-corrected chi connectivity index (χ3v) is 4.88. The van der Waals surface area contributed by atoms with Crippen molar-refractivity contribution in [2.75, 3.05) is 4.72 Å². The van der Waals surface area contributed by atoms with Gasteiger partial charge in [-0.25, -0.2) is 8.42 Å². The molecule has 1 N–H and O–H groups in total. The molecule has 0 fully saturated rings. The third kappa shape index (κ3) is 3.91. The summed E-state index contributed by atoms with van der Waals surface area (Å²) in [5, 5.41) is 4.63. The van der Waals surface area contributed by atoms with Gasteiger partial charge in [-0.3, -0.25) is 9.40 Å². The maximum Gasteiger partial charge on any atom is 0.261 e. The van der Waals surface area contributed by atoms with E-state index in [2.05, 4.69) is 9.82 Å². The monoisotopic (exact) mass is 347 g/mol. The van der Waals surface area contributed by atoms with E-state index in [-0.39, 0.29) is 4.90 Å². The fourth-order valence-electron chi connectivity index (χ4n) is 2.09. The number of nitrogens with zero attached hydrogens (tertiary/aromatic N) is 2. The Morgan fingerprint density at radius 3 is 2.35 bits per heavy atom. The number of rotatable bonds is 5. The second kappa shape index (κ2) is 6.44. The number of sulfonamides is 1. The first kappa shape index (κ1) is 15.6. The van der Waals surface area contributed by atoms with Crippen LogP contribution in [-0.2, 0) is 16.6 Å². The molecule has 118 valence electrons. The summed E-state index contributed by atoms with van der Waals surface area (Å²) in [6, 6.07) is 15.1. The molecule has 3 rings (SSSR count). The highest BCUT2D eigenvalue weighted by molar-refractivity contribution is 7.92. The molecule has 0 bridgehead atoms. The van der Waals surface area contributed by atoms with Gasteiger partial charge < -0.3 is 0 Å². The molecule has 0 radical (unpaired) electrons. The smallest absolute Gasteiger partial charge is 0.261 e. The van der Waals surface area contributed by atoms with Crippen molar-refractivity contribution in [3.63, 3.8) is 0 Å². The average Bonchev–Trinajstić information content (AvgIpc) is 3.02. The Kier molecular flexibility index (Phi) is 4.36. The third-order valence-electron chi connectivity index (χ3n) is 3.23. The van der Waals surface area contributed by atoms with Crippen LogP contribution in [0.5, 0.6) is 0 Å². The van der Waals surface area contributed by atoms with Gasteiger partial charge in [0.1, 0.15) is 0 Å². The van der Waals surface area contributed by atoms with Gasteiger partial charge in [-0.2, -0.15) is 5.10 Å². The summed E-state index contributed by atoms with van der Waals surface area (Å²) in [5.41, 5.74) is 1.53. The Bertz CT molecular complexity index is 874. The summed E-state index contributed by atoms with van der Waals surface area (Å²) in [6.07, 6.45) is 3.59. The topological polar surface area (TPSA) is 64.0 Å². The second-order valence-corrected chi connectivity index (χ2v) is 7.08. The van der Waals surface area contributed by atoms with Crippen LogP contribution in [-0.4, -0.2) is 18.2 Å². The molecule has 3 aromatic rings. The highest BCUT2D eigenvalue weighted by Crippen LogP contribution is 2.18. The predicted molar refractivity (Wildman–Crippen MR) is 90.0 cm³/mol. The lowest BCUT2D eigenvalue weighted by Crippen LogP contribution is -2.12. The largest absolute Gasteiger partial charge is 0.280 e. The van der Waals surface area contributed by atoms with Crippen LogP contribution >= 0.6 is 11.6 Å². The van der Waals surface area contributed by atoms with E-state index >= 15 is 0 Å². The molecule has 7 heteroatoms. The zero-order valence-corrected chi connectivity index (χ0v) is 13.6. The van der Waals surface area contributed by atoms with E-state index in [1.165, 1.54) is 12.1 Å². The molecule has 1 heterocycles. The van der Waals surface area contributed by atoms with Gasteiger partial charge in [0.25, 0.3) is 10.0 Å². The van der Waals surface area contributed by atoms with Crippen molar-refractivity contribution >= 4 is 27.3 Å². The zero-order chi connectivity index (χ0) is 16.3. The van der Waals surface area contributed by atoms with E-state index in [4.69, 9.17) is 11.6 Å². The quantitative estimate of drug-likeness (QED) is 0.769. The van der Waals surface area contributed by atoms with Gasteiger partial charge in [0.2, 0.25) is 0 Å². The lowest BCUT2D eigenvalue weighted by molar-refractivity contribution is 0.601. The molecular formula is C16H14ClN3O2S. The number of hydrogen-bond donors (Lipinski definition) is 1. The highest BCUT2D eigenvalue weighted by Gasteiger charge is 2.13. The first-order valence-corrected chi connectivity index (χ1v) is 8.74. The van der Waals surface area contributed by atoms with Gasteiger partial charge in [0.15, 0.2) is 0 Å². The molecule has 0 saturated carbocycles. The highest BCUT2D eigenvalue weighted by atomic mass is 35.5. The van der Waals surface area contributed by atoms with Gasteiger partial charge in [-0.1, -0.05) is 23.7 Å². The fraction of sp³-hybridized carbons (Fsp3) is 0.0625. The summed E-state index contributed by atoms with van der Waals surface area (Å²) in [5.74, 6) is 0. The average molecular weight is 348 g/mol. The summed E-state index contributed by atoms with van der Waals surface area (Å²) in [4.78, 5) is 0.169. The fourth-order valence-corrected chi connectivity index (χ4v) is 3.27. The van der Waals surface area contributed by atoms with Crippen molar-refractivity contribution in [1.29, 1.82) is 0 Å². The lowest BCUT2D eigenvalue weighted by atomic mass is 10.2. The lowest BCUT2D eigenvalue weighted by Gasteiger charge is -2.09. The minimum Gasteiger partial charge on any atom is -0.280 e. The molecule has 23 heavy (non-hydrogen) atoms. The molecule has 2 aromatic carbocycles. The Balaban J connectivity index is 1.73. The van der Waals surface area contributed by atoms with Crippen LogP contribution in [0, 0.1) is 0 Å². The van der Waals surface area contributed by atoms with E-state index in [0.717, 1.165) is 5.56 Å². The standard InChI is InChI=1S/C16H14ClN3O2S/c17-14-4-8-16(9-5-14)23(21,22)19-15-6-2-13(3-7-15)12-20-11-1-10-18-20/h1-11,19H,12H2. The maximum absolute atomic E-state index is 12.3. The van der Waals surface area contributed by atoms with Crippen molar-refractivity contribution in [3.05, 3.63) is 77.6 Å². The van der Waals surface area contributed by atoms with Crippen LogP contribution in [0.25, 0.3) is 0 Å². The minimum absolute atomic E-state index is 0.169. The van der Waals surface area contributed by atoms with E-state index in [1.807, 2.05) is 24.4 Å². The molecule has 0 aliphatic carbocycles.